The number of nitrogens with one attached hydrogen (secondary N) is 6. The van der Waals surface area contributed by atoms with Crippen LogP contribution in [-0.2, 0) is 49.6 Å². The van der Waals surface area contributed by atoms with Crippen molar-refractivity contribution in [2.75, 3.05) is 6.54 Å². The molecule has 9 atom stereocenters. The van der Waals surface area contributed by atoms with Gasteiger partial charge in [-0.3, -0.25) is 38.4 Å². The normalized spacial score (nSPS) is 15.4. The standard InChI is InChI=1S/C41H67N9O13/c1-6-22(4)33(49-40(61)34(23(5)51)50-37(58)27(9-7-8-18-42)45-35(56)26(43)14-17-32(54)55)39(60)46-28(15-16-31(44)53)36(57)47-29(20-24-10-12-25(52)13-11-24)38(59)48-30(41(62)63)19-21(2)3/h10-13,21-23,26-30,33-34,51-52H,6-9,14-20,42-43H2,1-5H3,(H2,44,53)(H,45,56)(H,46,60)(H,47,57)(H,48,59)(H,49,61)(H,50,58)(H,54,55)(H,62,63). The van der Waals surface area contributed by atoms with Crippen LogP contribution in [0.5, 0.6) is 5.75 Å². The third-order valence-corrected chi connectivity index (χ3v) is 10.1. The molecule has 22 heteroatoms. The fourth-order valence-electron chi connectivity index (χ4n) is 6.19. The molecule has 0 aliphatic rings. The average molecular weight is 894 g/mol. The second-order valence-corrected chi connectivity index (χ2v) is 16.0. The summed E-state index contributed by atoms with van der Waals surface area (Å²) in [4.78, 5) is 116. The van der Waals surface area contributed by atoms with E-state index in [9.17, 15) is 58.5 Å². The van der Waals surface area contributed by atoms with E-state index in [1.54, 1.807) is 27.7 Å². The molecule has 0 aliphatic carbocycles. The SMILES string of the molecule is CCC(C)C(NC(=O)C(NC(=O)C(CCCCN)NC(=O)C(N)CCC(=O)O)C(C)O)C(=O)NC(CCC(N)=O)C(=O)NC(Cc1ccc(O)cc1)C(=O)NC(CC(C)C)C(=O)O. The van der Waals surface area contributed by atoms with Crippen LogP contribution in [0.4, 0.5) is 0 Å². The van der Waals surface area contributed by atoms with Crippen LogP contribution in [0.2, 0.25) is 0 Å². The summed E-state index contributed by atoms with van der Waals surface area (Å²) in [6, 6.07) is -4.27. The molecule has 1 aromatic rings. The number of carboxylic acids is 2. The second kappa shape index (κ2) is 27.9. The lowest BCUT2D eigenvalue weighted by atomic mass is 9.96. The number of carbonyl (C=O) groups excluding carboxylic acids is 7. The molecule has 16 N–H and O–H groups in total. The Balaban J connectivity index is 3.43. The fourth-order valence-corrected chi connectivity index (χ4v) is 6.19. The first kappa shape index (κ1) is 55.1. The molecule has 0 heterocycles. The zero-order valence-corrected chi connectivity index (χ0v) is 36.6. The van der Waals surface area contributed by atoms with E-state index < -0.39 is 120 Å². The third-order valence-electron chi connectivity index (χ3n) is 10.1. The van der Waals surface area contributed by atoms with Gasteiger partial charge < -0.3 is 69.5 Å². The molecule has 0 fully saturated rings. The largest absolute Gasteiger partial charge is 0.508 e. The molecule has 0 saturated heterocycles. The van der Waals surface area contributed by atoms with Gasteiger partial charge >= 0.3 is 11.9 Å². The van der Waals surface area contributed by atoms with Gasteiger partial charge in [-0.2, -0.15) is 0 Å². The first-order valence-electron chi connectivity index (χ1n) is 21.0. The summed E-state index contributed by atoms with van der Waals surface area (Å²) in [5.41, 5.74) is 17.3. The van der Waals surface area contributed by atoms with E-state index in [4.69, 9.17) is 22.3 Å². The number of benzene rings is 1. The van der Waals surface area contributed by atoms with E-state index in [-0.39, 0.29) is 56.7 Å². The topological polar surface area (TPSA) is 385 Å². The zero-order chi connectivity index (χ0) is 48.0. The van der Waals surface area contributed by atoms with Crippen LogP contribution in [0.3, 0.4) is 0 Å². The molecule has 354 valence electrons. The number of rotatable bonds is 30. The van der Waals surface area contributed by atoms with E-state index >= 15 is 0 Å². The van der Waals surface area contributed by atoms with Crippen LogP contribution in [0.25, 0.3) is 0 Å². The Morgan fingerprint density at radius 3 is 1.67 bits per heavy atom. The number of unbranched alkanes of at least 4 members (excludes halogenated alkanes) is 1. The second-order valence-electron chi connectivity index (χ2n) is 16.0. The summed E-state index contributed by atoms with van der Waals surface area (Å²) in [5.74, 6) is -9.68. The van der Waals surface area contributed by atoms with E-state index in [1.807, 2.05) is 0 Å². The number of carboxylic acid groups (broad SMARTS) is 2. The summed E-state index contributed by atoms with van der Waals surface area (Å²) in [6.45, 7) is 8.29. The predicted octanol–water partition coefficient (Wildman–Crippen LogP) is -2.01. The first-order chi connectivity index (χ1) is 29.5. The number of hydrogen-bond acceptors (Lipinski definition) is 13. The summed E-state index contributed by atoms with van der Waals surface area (Å²) in [6.07, 6.45) is -1.93. The van der Waals surface area contributed by atoms with Crippen molar-refractivity contribution in [3.8, 4) is 5.75 Å². The Morgan fingerprint density at radius 1 is 0.635 bits per heavy atom. The number of hydrogen-bond donors (Lipinski definition) is 13. The van der Waals surface area contributed by atoms with E-state index in [1.165, 1.54) is 31.2 Å². The van der Waals surface area contributed by atoms with Gasteiger partial charge in [0.1, 0.15) is 42.0 Å². The molecule has 63 heavy (non-hydrogen) atoms. The van der Waals surface area contributed by atoms with Crippen molar-refractivity contribution in [1.82, 2.24) is 31.9 Å². The minimum atomic E-state index is -1.69. The van der Waals surface area contributed by atoms with Gasteiger partial charge in [-0.25, -0.2) is 4.79 Å². The number of amides is 7. The van der Waals surface area contributed by atoms with Gasteiger partial charge in [-0.15, -0.1) is 0 Å². The summed E-state index contributed by atoms with van der Waals surface area (Å²) in [5, 5.41) is 54.0. The Hall–Kier alpha value is -5.87. The highest BCUT2D eigenvalue weighted by Gasteiger charge is 2.36. The first-order valence-corrected chi connectivity index (χ1v) is 21.0. The Bertz CT molecular complexity index is 1710. The highest BCUT2D eigenvalue weighted by molar-refractivity contribution is 5.97. The Morgan fingerprint density at radius 2 is 1.14 bits per heavy atom. The minimum Gasteiger partial charge on any atom is -0.508 e. The lowest BCUT2D eigenvalue weighted by molar-refractivity contribution is -0.143. The van der Waals surface area contributed by atoms with Crippen molar-refractivity contribution in [3.63, 3.8) is 0 Å². The number of aromatic hydroxyl groups is 1. The number of carbonyl (C=O) groups is 9. The van der Waals surface area contributed by atoms with Gasteiger partial charge in [0.15, 0.2) is 0 Å². The summed E-state index contributed by atoms with van der Waals surface area (Å²) in [7, 11) is 0. The molecule has 0 saturated carbocycles. The van der Waals surface area contributed by atoms with Crippen molar-refractivity contribution >= 4 is 53.3 Å². The van der Waals surface area contributed by atoms with Crippen LogP contribution in [0.15, 0.2) is 24.3 Å². The molecule has 1 rings (SSSR count). The predicted molar refractivity (Wildman–Crippen MR) is 228 cm³/mol. The number of phenols is 1. The van der Waals surface area contributed by atoms with Gasteiger partial charge in [0.2, 0.25) is 41.4 Å². The monoisotopic (exact) mass is 893 g/mol. The Labute approximate surface area is 366 Å². The molecule has 9 unspecified atom stereocenters. The summed E-state index contributed by atoms with van der Waals surface area (Å²) < 4.78 is 0. The molecular formula is C41H67N9O13. The van der Waals surface area contributed by atoms with E-state index in [0.717, 1.165) is 0 Å². The quantitative estimate of drug-likeness (QED) is 0.0371. The molecule has 22 nitrogen and oxygen atoms in total. The highest BCUT2D eigenvalue weighted by Crippen LogP contribution is 2.15. The molecule has 0 bridgehead atoms. The van der Waals surface area contributed by atoms with Crippen LogP contribution in [-0.4, -0.2) is 129 Å². The molecule has 0 aromatic heterocycles. The van der Waals surface area contributed by atoms with Crippen LogP contribution >= 0.6 is 0 Å². The van der Waals surface area contributed by atoms with E-state index in [0.29, 0.717) is 18.4 Å². The average Bonchev–Trinajstić information content (AvgIpc) is 3.21. The van der Waals surface area contributed by atoms with Gasteiger partial charge in [0, 0.05) is 19.3 Å². The lowest BCUT2D eigenvalue weighted by Gasteiger charge is -2.30. The molecular weight excluding hydrogens is 827 g/mol. The number of phenolic OH excluding ortho intramolecular Hbond substituents is 1. The maximum atomic E-state index is 14.0. The minimum absolute atomic E-state index is 0.0385. The zero-order valence-electron chi connectivity index (χ0n) is 36.6. The number of primary amides is 1. The molecule has 0 radical (unpaired) electrons. The van der Waals surface area contributed by atoms with Gasteiger partial charge in [0.05, 0.1) is 12.1 Å². The highest BCUT2D eigenvalue weighted by atomic mass is 16.4. The Kier molecular flexibility index (Phi) is 24.5. The van der Waals surface area contributed by atoms with Gasteiger partial charge in [0.25, 0.3) is 0 Å². The van der Waals surface area contributed by atoms with Crippen molar-refractivity contribution < 1.29 is 63.6 Å². The smallest absolute Gasteiger partial charge is 0.326 e. The number of aliphatic hydroxyl groups is 1. The van der Waals surface area contributed by atoms with Crippen molar-refractivity contribution in [2.24, 2.45) is 29.0 Å². The van der Waals surface area contributed by atoms with Crippen molar-refractivity contribution in [2.45, 2.75) is 147 Å². The van der Waals surface area contributed by atoms with Crippen molar-refractivity contribution in [3.05, 3.63) is 29.8 Å². The number of aliphatic hydroxyl groups excluding tert-OH is 1. The van der Waals surface area contributed by atoms with Crippen molar-refractivity contribution in [1.29, 1.82) is 0 Å². The maximum Gasteiger partial charge on any atom is 0.326 e. The van der Waals surface area contributed by atoms with Gasteiger partial charge in [-0.1, -0.05) is 46.2 Å². The number of aliphatic carboxylic acids is 2. The lowest BCUT2D eigenvalue weighted by Crippen LogP contribution is -2.62. The number of nitrogens with two attached hydrogens (primary N) is 3. The molecule has 0 spiro atoms. The van der Waals surface area contributed by atoms with E-state index in [2.05, 4.69) is 31.9 Å². The fraction of sp³-hybridized carbons (Fsp3) is 0.634. The van der Waals surface area contributed by atoms with Crippen LogP contribution < -0.4 is 49.1 Å². The maximum absolute atomic E-state index is 14.0. The third kappa shape index (κ3) is 20.7. The van der Waals surface area contributed by atoms with Crippen LogP contribution in [0.1, 0.15) is 98.0 Å². The molecule has 7 amide bonds. The van der Waals surface area contributed by atoms with Crippen LogP contribution in [0, 0.1) is 11.8 Å². The molecule has 1 aromatic carbocycles. The van der Waals surface area contributed by atoms with Gasteiger partial charge in [-0.05, 0) is 81.5 Å². The summed E-state index contributed by atoms with van der Waals surface area (Å²) >= 11 is 0. The molecule has 0 aliphatic heterocycles.